The second kappa shape index (κ2) is 13.7. The number of carbonyl (C=O) groups is 3. The SMILES string of the molecule is CC(C)C(NC=O)NC(=O)C1=CC=C(C#Cc2ccc(NC(=O)CNCc3ccccc3)cc2)CC1. The van der Waals surface area contributed by atoms with Gasteiger partial charge >= 0.3 is 0 Å². The van der Waals surface area contributed by atoms with Crippen LogP contribution in [0.2, 0.25) is 0 Å². The lowest BCUT2D eigenvalue weighted by Crippen LogP contribution is -2.48. The average Bonchev–Trinajstić information content (AvgIpc) is 2.89. The van der Waals surface area contributed by atoms with E-state index < -0.39 is 6.17 Å². The van der Waals surface area contributed by atoms with Crippen LogP contribution < -0.4 is 21.3 Å². The predicted octanol–water partition coefficient (Wildman–Crippen LogP) is 3.26. The van der Waals surface area contributed by atoms with Crippen molar-refractivity contribution < 1.29 is 14.4 Å². The van der Waals surface area contributed by atoms with E-state index in [0.29, 0.717) is 37.1 Å². The highest BCUT2D eigenvalue weighted by molar-refractivity contribution is 5.94. The molecule has 0 aromatic heterocycles. The average molecular weight is 485 g/mol. The zero-order chi connectivity index (χ0) is 25.8. The summed E-state index contributed by atoms with van der Waals surface area (Å²) in [6.45, 7) is 4.71. The molecule has 1 aliphatic carbocycles. The molecule has 2 aromatic carbocycles. The van der Waals surface area contributed by atoms with E-state index in [-0.39, 0.29) is 24.3 Å². The summed E-state index contributed by atoms with van der Waals surface area (Å²) in [5.74, 6) is 6.09. The van der Waals surface area contributed by atoms with Crippen molar-refractivity contribution >= 4 is 23.9 Å². The van der Waals surface area contributed by atoms with Gasteiger partial charge in [-0.15, -0.1) is 0 Å². The summed E-state index contributed by atoms with van der Waals surface area (Å²) in [5.41, 5.74) is 4.29. The number of nitrogens with one attached hydrogen (secondary N) is 4. The van der Waals surface area contributed by atoms with Crippen molar-refractivity contribution in [2.24, 2.45) is 5.92 Å². The van der Waals surface area contributed by atoms with Gasteiger partial charge in [-0.05, 0) is 48.6 Å². The third-order valence-corrected chi connectivity index (χ3v) is 5.64. The molecule has 1 atom stereocenters. The molecule has 0 saturated heterocycles. The van der Waals surface area contributed by atoms with Crippen LogP contribution in [0.5, 0.6) is 0 Å². The van der Waals surface area contributed by atoms with Crippen LogP contribution in [0.3, 0.4) is 0 Å². The van der Waals surface area contributed by atoms with E-state index in [1.807, 2.05) is 74.5 Å². The lowest BCUT2D eigenvalue weighted by atomic mass is 9.97. The highest BCUT2D eigenvalue weighted by Gasteiger charge is 2.19. The molecular weight excluding hydrogens is 452 g/mol. The van der Waals surface area contributed by atoms with Gasteiger partial charge in [-0.1, -0.05) is 68.2 Å². The Morgan fingerprint density at radius 1 is 0.972 bits per heavy atom. The number of anilines is 1. The molecule has 2 aromatic rings. The molecule has 7 heteroatoms. The summed E-state index contributed by atoms with van der Waals surface area (Å²) in [7, 11) is 0. The highest BCUT2D eigenvalue weighted by Crippen LogP contribution is 2.19. The van der Waals surface area contributed by atoms with E-state index in [1.54, 1.807) is 6.08 Å². The Labute approximate surface area is 212 Å². The number of benzene rings is 2. The minimum absolute atomic E-state index is 0.0799. The first-order valence-corrected chi connectivity index (χ1v) is 12.0. The summed E-state index contributed by atoms with van der Waals surface area (Å²) in [6, 6.07) is 17.3. The first kappa shape index (κ1) is 26.5. The molecule has 4 N–H and O–H groups in total. The molecule has 0 aliphatic heterocycles. The van der Waals surface area contributed by atoms with Crippen molar-refractivity contribution in [3.63, 3.8) is 0 Å². The van der Waals surface area contributed by atoms with Crippen LogP contribution in [0.4, 0.5) is 5.69 Å². The Morgan fingerprint density at radius 2 is 1.72 bits per heavy atom. The summed E-state index contributed by atoms with van der Waals surface area (Å²) >= 11 is 0. The zero-order valence-corrected chi connectivity index (χ0v) is 20.6. The Balaban J connectivity index is 1.48. The van der Waals surface area contributed by atoms with Crippen molar-refractivity contribution in [2.45, 2.75) is 39.4 Å². The second-order valence-corrected chi connectivity index (χ2v) is 8.83. The van der Waals surface area contributed by atoms with E-state index in [1.165, 1.54) is 0 Å². The van der Waals surface area contributed by atoms with Gasteiger partial charge < -0.3 is 21.3 Å². The fourth-order valence-corrected chi connectivity index (χ4v) is 3.55. The van der Waals surface area contributed by atoms with Gasteiger partial charge in [0.2, 0.25) is 18.2 Å². The number of hydrogen-bond donors (Lipinski definition) is 4. The Kier molecular flexibility index (Phi) is 10.0. The van der Waals surface area contributed by atoms with Crippen LogP contribution in [-0.4, -0.2) is 30.9 Å². The third kappa shape index (κ3) is 8.57. The zero-order valence-electron chi connectivity index (χ0n) is 20.6. The number of hydrogen-bond acceptors (Lipinski definition) is 4. The van der Waals surface area contributed by atoms with E-state index in [9.17, 15) is 14.4 Å². The monoisotopic (exact) mass is 484 g/mol. The minimum atomic E-state index is -0.403. The van der Waals surface area contributed by atoms with Gasteiger partial charge in [0.15, 0.2) is 0 Å². The van der Waals surface area contributed by atoms with E-state index in [0.717, 1.165) is 16.7 Å². The second-order valence-electron chi connectivity index (χ2n) is 8.83. The first-order chi connectivity index (χ1) is 17.4. The summed E-state index contributed by atoms with van der Waals surface area (Å²) < 4.78 is 0. The van der Waals surface area contributed by atoms with E-state index in [4.69, 9.17) is 0 Å². The summed E-state index contributed by atoms with van der Waals surface area (Å²) in [4.78, 5) is 35.4. The van der Waals surface area contributed by atoms with E-state index >= 15 is 0 Å². The fourth-order valence-electron chi connectivity index (χ4n) is 3.55. The minimum Gasteiger partial charge on any atom is -0.338 e. The molecule has 1 unspecified atom stereocenters. The number of amides is 3. The molecule has 0 heterocycles. The number of rotatable bonds is 10. The number of carbonyl (C=O) groups excluding carboxylic acids is 3. The molecule has 0 spiro atoms. The van der Waals surface area contributed by atoms with Crippen molar-refractivity contribution in [1.82, 2.24) is 16.0 Å². The molecule has 3 rings (SSSR count). The standard InChI is InChI=1S/C29H32N4O3/c1-21(2)28(31-20-34)33-29(36)25-14-10-22(11-15-25)8-9-23-12-16-26(17-13-23)32-27(35)19-30-18-24-6-4-3-5-7-24/h3-7,10,12-14,16-17,20-21,28,30H,11,15,18-19H2,1-2H3,(H,31,34)(H,32,35)(H,33,36). The molecule has 186 valence electrons. The van der Waals surface area contributed by atoms with Gasteiger partial charge in [0.1, 0.15) is 6.17 Å². The molecule has 0 bridgehead atoms. The lowest BCUT2D eigenvalue weighted by Gasteiger charge is -2.22. The molecule has 0 radical (unpaired) electrons. The molecule has 3 amide bonds. The van der Waals surface area contributed by atoms with Gasteiger partial charge in [-0.25, -0.2) is 0 Å². The molecule has 36 heavy (non-hydrogen) atoms. The molecule has 0 fully saturated rings. The third-order valence-electron chi connectivity index (χ3n) is 5.64. The van der Waals surface area contributed by atoms with Gasteiger partial charge in [-0.3, -0.25) is 14.4 Å². The summed E-state index contributed by atoms with van der Waals surface area (Å²) in [6.07, 6.45) is 5.09. The Morgan fingerprint density at radius 3 is 2.36 bits per heavy atom. The van der Waals surface area contributed by atoms with Crippen LogP contribution in [-0.2, 0) is 20.9 Å². The first-order valence-electron chi connectivity index (χ1n) is 12.0. The molecular formula is C29H32N4O3. The van der Waals surface area contributed by atoms with Crippen LogP contribution in [0, 0.1) is 17.8 Å². The predicted molar refractivity (Wildman–Crippen MR) is 141 cm³/mol. The smallest absolute Gasteiger partial charge is 0.248 e. The Bertz CT molecular complexity index is 1170. The quantitative estimate of drug-likeness (QED) is 0.236. The Hall–Kier alpha value is -4.15. The van der Waals surface area contributed by atoms with Crippen molar-refractivity contribution in [3.05, 3.63) is 89.0 Å². The maximum atomic E-state index is 12.5. The molecule has 1 aliphatic rings. The van der Waals surface area contributed by atoms with Crippen molar-refractivity contribution in [1.29, 1.82) is 0 Å². The molecule has 7 nitrogen and oxygen atoms in total. The van der Waals surface area contributed by atoms with Gasteiger partial charge in [-0.2, -0.15) is 0 Å². The largest absolute Gasteiger partial charge is 0.338 e. The van der Waals surface area contributed by atoms with Crippen LogP contribution in [0.25, 0.3) is 0 Å². The maximum Gasteiger partial charge on any atom is 0.248 e. The topological polar surface area (TPSA) is 99.3 Å². The van der Waals surface area contributed by atoms with Gasteiger partial charge in [0.05, 0.1) is 6.54 Å². The van der Waals surface area contributed by atoms with Crippen molar-refractivity contribution in [2.75, 3.05) is 11.9 Å². The van der Waals surface area contributed by atoms with Crippen LogP contribution in [0.15, 0.2) is 77.9 Å². The van der Waals surface area contributed by atoms with Crippen LogP contribution >= 0.6 is 0 Å². The van der Waals surface area contributed by atoms with Crippen molar-refractivity contribution in [3.8, 4) is 11.8 Å². The maximum absolute atomic E-state index is 12.5. The normalized spacial score (nSPS) is 13.4. The number of allylic oxidation sites excluding steroid dienone is 3. The lowest BCUT2D eigenvalue weighted by molar-refractivity contribution is -0.119. The molecule has 0 saturated carbocycles. The van der Waals surface area contributed by atoms with Gasteiger partial charge in [0.25, 0.3) is 0 Å². The van der Waals surface area contributed by atoms with Gasteiger partial charge in [0, 0.05) is 28.9 Å². The van der Waals surface area contributed by atoms with E-state index in [2.05, 4.69) is 33.1 Å². The van der Waals surface area contributed by atoms with Crippen LogP contribution in [0.1, 0.15) is 37.8 Å². The highest BCUT2D eigenvalue weighted by atomic mass is 16.2. The fraction of sp³-hybridized carbons (Fsp3) is 0.276. The summed E-state index contributed by atoms with van der Waals surface area (Å²) in [5, 5.41) is 11.5.